The van der Waals surface area contributed by atoms with Gasteiger partial charge in [0.15, 0.2) is 11.9 Å². The lowest BCUT2D eigenvalue weighted by atomic mass is 10.1. The number of hydrogen-bond acceptors (Lipinski definition) is 6. The highest BCUT2D eigenvalue weighted by atomic mass is 16.5. The van der Waals surface area contributed by atoms with E-state index < -0.39 is 23.9 Å². The van der Waals surface area contributed by atoms with Gasteiger partial charge in [0.2, 0.25) is 6.20 Å². The Morgan fingerprint density at radius 2 is 1.91 bits per heavy atom. The highest BCUT2D eigenvalue weighted by molar-refractivity contribution is 5.96. The molecule has 0 saturated carbocycles. The van der Waals surface area contributed by atoms with Crippen LogP contribution in [0.1, 0.15) is 37.0 Å². The molecule has 23 heavy (non-hydrogen) atoms. The lowest BCUT2D eigenvalue weighted by Gasteiger charge is -2.16. The maximum atomic E-state index is 12.1. The largest absolute Gasteiger partial charge is 0.503 e. The molecule has 1 heterocycles. The molecular weight excluding hydrogens is 304 g/mol. The summed E-state index contributed by atoms with van der Waals surface area (Å²) < 4.78 is 9.69. The van der Waals surface area contributed by atoms with Crippen LogP contribution in [-0.2, 0) is 19.1 Å². The topological polar surface area (TPSA) is 116 Å². The maximum absolute atomic E-state index is 12.1. The van der Waals surface area contributed by atoms with Crippen molar-refractivity contribution in [2.75, 3.05) is 13.2 Å². The van der Waals surface area contributed by atoms with Crippen LogP contribution in [0.4, 0.5) is 0 Å². The van der Waals surface area contributed by atoms with Crippen molar-refractivity contribution in [1.82, 2.24) is 5.32 Å². The van der Waals surface area contributed by atoms with Crippen LogP contribution in [0.2, 0.25) is 0 Å². The first-order valence-electron chi connectivity index (χ1n) is 7.31. The zero-order valence-electron chi connectivity index (χ0n) is 13.1. The molecule has 0 spiro atoms. The monoisotopic (exact) mass is 325 g/mol. The molecule has 3 N–H and O–H groups in total. The minimum absolute atomic E-state index is 0.0240. The van der Waals surface area contributed by atoms with Crippen LogP contribution in [0.15, 0.2) is 18.5 Å². The second kappa shape index (κ2) is 9.39. The number of carbonyl (C=O) groups is 3. The summed E-state index contributed by atoms with van der Waals surface area (Å²) in [5.74, 6) is -1.77. The number of amides is 1. The summed E-state index contributed by atoms with van der Waals surface area (Å²) in [5, 5.41) is 11.9. The van der Waals surface area contributed by atoms with Gasteiger partial charge in [-0.1, -0.05) is 0 Å². The van der Waals surface area contributed by atoms with E-state index in [0.29, 0.717) is 0 Å². The van der Waals surface area contributed by atoms with Crippen molar-refractivity contribution in [3.63, 3.8) is 0 Å². The van der Waals surface area contributed by atoms with Gasteiger partial charge in [-0.3, -0.25) is 9.59 Å². The van der Waals surface area contributed by atoms with Crippen molar-refractivity contribution < 1.29 is 33.9 Å². The second-order valence-electron chi connectivity index (χ2n) is 4.60. The predicted octanol–water partition coefficient (Wildman–Crippen LogP) is 0.211. The fourth-order valence-electron chi connectivity index (χ4n) is 1.82. The van der Waals surface area contributed by atoms with Crippen LogP contribution >= 0.6 is 0 Å². The number of ether oxygens (including phenoxy) is 2. The Kier molecular flexibility index (Phi) is 7.52. The molecule has 1 amide bonds. The second-order valence-corrected chi connectivity index (χ2v) is 4.60. The maximum Gasteiger partial charge on any atom is 0.328 e. The van der Waals surface area contributed by atoms with Gasteiger partial charge in [0, 0.05) is 12.5 Å². The molecule has 1 aromatic heterocycles. The summed E-state index contributed by atoms with van der Waals surface area (Å²) in [6.07, 6.45) is 2.72. The average molecular weight is 325 g/mol. The number of carbonyl (C=O) groups excluding carboxylic acids is 3. The highest BCUT2D eigenvalue weighted by Gasteiger charge is 2.24. The third-order valence-corrected chi connectivity index (χ3v) is 2.85. The molecule has 126 valence electrons. The predicted molar refractivity (Wildman–Crippen MR) is 78.4 cm³/mol. The molecule has 0 radical (unpaired) electrons. The Bertz CT molecular complexity index is 561. The first-order valence-corrected chi connectivity index (χ1v) is 7.31. The van der Waals surface area contributed by atoms with Gasteiger partial charge in [0.05, 0.1) is 13.2 Å². The summed E-state index contributed by atoms with van der Waals surface area (Å²) in [6.45, 7) is 3.73. The summed E-state index contributed by atoms with van der Waals surface area (Å²) in [5.41, 5.74) is 0.149. The SMILES string of the molecule is CCOC(=O)CCC(NC(=O)c1c[nH+]cc(O)c1)C(=O)OCC. The number of esters is 2. The van der Waals surface area contributed by atoms with Gasteiger partial charge in [-0.15, -0.1) is 0 Å². The molecule has 0 fully saturated rings. The number of aromatic nitrogens is 1. The molecule has 8 heteroatoms. The molecule has 8 nitrogen and oxygen atoms in total. The quantitative estimate of drug-likeness (QED) is 0.660. The zero-order chi connectivity index (χ0) is 17.2. The average Bonchev–Trinajstić information content (AvgIpc) is 2.51. The molecule has 1 aromatic rings. The van der Waals surface area contributed by atoms with E-state index in [1.807, 2.05) is 0 Å². The molecule has 0 aliphatic rings. The van der Waals surface area contributed by atoms with Gasteiger partial charge in [0.1, 0.15) is 11.6 Å². The van der Waals surface area contributed by atoms with Crippen LogP contribution < -0.4 is 10.3 Å². The number of pyridine rings is 1. The lowest BCUT2D eigenvalue weighted by molar-refractivity contribution is -0.379. The molecule has 0 aliphatic carbocycles. The van der Waals surface area contributed by atoms with Gasteiger partial charge in [0.25, 0.3) is 5.91 Å². The standard InChI is InChI=1S/C15H20N2O6/c1-3-22-13(19)6-5-12(15(21)23-4-2)17-14(20)10-7-11(18)9-16-8-10/h7-9,12,18H,3-6H2,1-2H3,(H,17,20)/p+1. The molecule has 1 unspecified atom stereocenters. The Morgan fingerprint density at radius 3 is 2.52 bits per heavy atom. The van der Waals surface area contributed by atoms with E-state index in [1.54, 1.807) is 13.8 Å². The smallest absolute Gasteiger partial charge is 0.328 e. The van der Waals surface area contributed by atoms with Gasteiger partial charge < -0.3 is 19.9 Å². The number of H-pyrrole nitrogens is 1. The van der Waals surface area contributed by atoms with E-state index in [0.717, 1.165) is 0 Å². The number of nitrogens with one attached hydrogen (secondary N) is 2. The summed E-state index contributed by atoms with van der Waals surface area (Å²) in [7, 11) is 0. The fraction of sp³-hybridized carbons (Fsp3) is 0.467. The van der Waals surface area contributed by atoms with E-state index in [2.05, 4.69) is 10.3 Å². The first-order chi connectivity index (χ1) is 11.0. The number of aromatic amines is 1. The summed E-state index contributed by atoms with van der Waals surface area (Å²) in [4.78, 5) is 38.0. The van der Waals surface area contributed by atoms with Crippen molar-refractivity contribution in [3.8, 4) is 5.75 Å². The van der Waals surface area contributed by atoms with E-state index in [4.69, 9.17) is 9.47 Å². The van der Waals surface area contributed by atoms with Crippen LogP contribution in [0.25, 0.3) is 0 Å². The number of rotatable bonds is 8. The summed E-state index contributed by atoms with van der Waals surface area (Å²) in [6, 6.07) is 0.272. The minimum atomic E-state index is -0.978. The highest BCUT2D eigenvalue weighted by Crippen LogP contribution is 2.08. The molecule has 1 atom stereocenters. The van der Waals surface area contributed by atoms with E-state index in [-0.39, 0.29) is 37.4 Å². The number of aromatic hydroxyl groups is 1. The van der Waals surface area contributed by atoms with E-state index in [1.165, 1.54) is 18.5 Å². The van der Waals surface area contributed by atoms with Gasteiger partial charge >= 0.3 is 11.9 Å². The van der Waals surface area contributed by atoms with Crippen molar-refractivity contribution >= 4 is 17.8 Å². The molecule has 1 rings (SSSR count). The third kappa shape index (κ3) is 6.33. The van der Waals surface area contributed by atoms with E-state index in [9.17, 15) is 19.5 Å². The van der Waals surface area contributed by atoms with Gasteiger partial charge in [-0.25, -0.2) is 9.78 Å². The van der Waals surface area contributed by atoms with Crippen LogP contribution in [0.5, 0.6) is 5.75 Å². The Hall–Kier alpha value is -2.64. The van der Waals surface area contributed by atoms with Crippen LogP contribution in [0, 0.1) is 0 Å². The Morgan fingerprint density at radius 1 is 1.22 bits per heavy atom. The molecule has 0 aliphatic heterocycles. The molecule has 0 aromatic carbocycles. The molecule has 0 saturated heterocycles. The normalized spacial score (nSPS) is 11.4. The van der Waals surface area contributed by atoms with Crippen molar-refractivity contribution in [2.24, 2.45) is 0 Å². The Balaban J connectivity index is 2.73. The van der Waals surface area contributed by atoms with Crippen molar-refractivity contribution in [2.45, 2.75) is 32.7 Å². The van der Waals surface area contributed by atoms with Crippen LogP contribution in [0.3, 0.4) is 0 Å². The van der Waals surface area contributed by atoms with Crippen LogP contribution in [-0.4, -0.2) is 42.2 Å². The van der Waals surface area contributed by atoms with Crippen molar-refractivity contribution in [1.29, 1.82) is 0 Å². The molecule has 0 bridgehead atoms. The minimum Gasteiger partial charge on any atom is -0.503 e. The lowest BCUT2D eigenvalue weighted by Crippen LogP contribution is -2.42. The zero-order valence-corrected chi connectivity index (χ0v) is 13.1. The van der Waals surface area contributed by atoms with Gasteiger partial charge in [-0.05, 0) is 20.3 Å². The first kappa shape index (κ1) is 18.4. The van der Waals surface area contributed by atoms with E-state index >= 15 is 0 Å². The third-order valence-electron chi connectivity index (χ3n) is 2.85. The number of hydrogen-bond donors (Lipinski definition) is 2. The van der Waals surface area contributed by atoms with Gasteiger partial charge in [-0.2, -0.15) is 0 Å². The van der Waals surface area contributed by atoms with Crippen molar-refractivity contribution in [3.05, 3.63) is 24.0 Å². The fourth-order valence-corrected chi connectivity index (χ4v) is 1.82. The summed E-state index contributed by atoms with van der Waals surface area (Å²) >= 11 is 0. The Labute approximate surface area is 133 Å². The molecular formula is C15H21N2O6+.